The highest BCUT2D eigenvalue weighted by molar-refractivity contribution is 5.95. The molecule has 4 rings (SSSR count). The van der Waals surface area contributed by atoms with Gasteiger partial charge >= 0.3 is 0 Å². The molecule has 4 aromatic rings. The van der Waals surface area contributed by atoms with Gasteiger partial charge in [-0.15, -0.1) is 0 Å². The Hall–Kier alpha value is -3.14. The fourth-order valence-corrected chi connectivity index (χ4v) is 3.16. The number of hydrogen-bond acceptors (Lipinski definition) is 3. The first kappa shape index (κ1) is 14.5. The molecule has 0 atom stereocenters. The van der Waals surface area contributed by atoms with Crippen LogP contribution in [0.1, 0.15) is 12.5 Å². The van der Waals surface area contributed by atoms with Crippen LogP contribution in [0.3, 0.4) is 0 Å². The van der Waals surface area contributed by atoms with Crippen LogP contribution in [0.2, 0.25) is 0 Å². The number of aromatic amines is 1. The molecule has 118 valence electrons. The third-order valence-corrected chi connectivity index (χ3v) is 4.34. The zero-order valence-corrected chi connectivity index (χ0v) is 13.3. The molecule has 0 spiro atoms. The van der Waals surface area contributed by atoms with E-state index in [0.717, 1.165) is 45.3 Å². The third-order valence-electron chi connectivity index (χ3n) is 4.34. The maximum absolute atomic E-state index is 11.0. The number of aromatic nitrogens is 3. The van der Waals surface area contributed by atoms with Crippen molar-refractivity contribution in [2.75, 3.05) is 0 Å². The van der Waals surface area contributed by atoms with Crippen molar-refractivity contribution in [3.05, 3.63) is 66.2 Å². The predicted octanol–water partition coefficient (Wildman–Crippen LogP) is 4.56. The van der Waals surface area contributed by atoms with Gasteiger partial charge in [-0.2, -0.15) is 15.4 Å². The second kappa shape index (κ2) is 5.81. The lowest BCUT2D eigenvalue weighted by Crippen LogP contribution is -1.92. The first-order valence-electron chi connectivity index (χ1n) is 7.99. The molecule has 2 N–H and O–H groups in total. The van der Waals surface area contributed by atoms with Gasteiger partial charge in [-0.25, -0.2) is 0 Å². The highest BCUT2D eigenvalue weighted by atomic mass is 16.3. The summed E-state index contributed by atoms with van der Waals surface area (Å²) in [6.45, 7) is 2.10. The van der Waals surface area contributed by atoms with Gasteiger partial charge in [0.15, 0.2) is 0 Å². The second-order valence-electron chi connectivity index (χ2n) is 5.71. The average Bonchev–Trinajstić information content (AvgIpc) is 3.11. The lowest BCUT2D eigenvalue weighted by atomic mass is 9.91. The van der Waals surface area contributed by atoms with E-state index in [4.69, 9.17) is 0 Å². The second-order valence-corrected chi connectivity index (χ2v) is 5.71. The van der Waals surface area contributed by atoms with Crippen LogP contribution in [0.15, 0.2) is 60.7 Å². The summed E-state index contributed by atoms with van der Waals surface area (Å²) in [5.74, 6) is 0.288. The number of aromatic hydroxyl groups is 1. The van der Waals surface area contributed by atoms with Crippen molar-refractivity contribution in [3.63, 3.8) is 0 Å². The fraction of sp³-hybridized carbons (Fsp3) is 0.100. The zero-order chi connectivity index (χ0) is 16.5. The Kier molecular flexibility index (Phi) is 3.50. The van der Waals surface area contributed by atoms with Gasteiger partial charge < -0.3 is 5.11 Å². The van der Waals surface area contributed by atoms with Crippen molar-refractivity contribution in [3.8, 4) is 28.0 Å². The number of fused-ring (bicyclic) bond motifs is 1. The lowest BCUT2D eigenvalue weighted by Gasteiger charge is -2.15. The quantitative estimate of drug-likeness (QED) is 0.582. The van der Waals surface area contributed by atoms with Gasteiger partial charge in [-0.1, -0.05) is 61.5 Å². The van der Waals surface area contributed by atoms with Gasteiger partial charge in [0.05, 0.1) is 0 Å². The molecule has 0 saturated heterocycles. The zero-order valence-electron chi connectivity index (χ0n) is 13.3. The standard InChI is InChI=1S/C20H17N3O/c1-2-13-11-12-16(15-9-6-10-17-19(15)22-23-21-17)20(24)18(13)14-7-4-3-5-8-14/h3-12,24H,2H2,1H3,(H,21,22,23). The van der Waals surface area contributed by atoms with E-state index >= 15 is 0 Å². The number of aryl methyl sites for hydroxylation is 1. The first-order chi connectivity index (χ1) is 11.8. The molecular formula is C20H17N3O. The highest BCUT2D eigenvalue weighted by Crippen LogP contribution is 2.42. The van der Waals surface area contributed by atoms with E-state index in [2.05, 4.69) is 28.4 Å². The Morgan fingerprint density at radius 3 is 2.50 bits per heavy atom. The Morgan fingerprint density at radius 1 is 0.875 bits per heavy atom. The average molecular weight is 315 g/mol. The maximum Gasteiger partial charge on any atom is 0.131 e. The molecule has 0 saturated carbocycles. The minimum absolute atomic E-state index is 0.288. The largest absolute Gasteiger partial charge is 0.507 e. The van der Waals surface area contributed by atoms with E-state index in [1.807, 2.05) is 54.6 Å². The molecule has 0 bridgehead atoms. The molecule has 0 aliphatic rings. The van der Waals surface area contributed by atoms with Gasteiger partial charge in [0.1, 0.15) is 16.8 Å². The molecule has 3 aromatic carbocycles. The summed E-state index contributed by atoms with van der Waals surface area (Å²) in [5.41, 5.74) is 6.21. The number of hydrogen-bond donors (Lipinski definition) is 2. The summed E-state index contributed by atoms with van der Waals surface area (Å²) >= 11 is 0. The molecule has 24 heavy (non-hydrogen) atoms. The Balaban J connectivity index is 2.00. The summed E-state index contributed by atoms with van der Waals surface area (Å²) in [4.78, 5) is 0. The SMILES string of the molecule is CCc1ccc(-c2cccc3n[nH]nc23)c(O)c1-c1ccccc1. The number of H-pyrrole nitrogens is 1. The lowest BCUT2D eigenvalue weighted by molar-refractivity contribution is 0.479. The molecule has 0 aliphatic carbocycles. The summed E-state index contributed by atoms with van der Waals surface area (Å²) in [7, 11) is 0. The van der Waals surface area contributed by atoms with Gasteiger partial charge in [0.2, 0.25) is 0 Å². The monoisotopic (exact) mass is 315 g/mol. The van der Waals surface area contributed by atoms with Gasteiger partial charge in [-0.3, -0.25) is 0 Å². The van der Waals surface area contributed by atoms with Gasteiger partial charge in [0, 0.05) is 16.7 Å². The predicted molar refractivity (Wildman–Crippen MR) is 95.8 cm³/mol. The summed E-state index contributed by atoms with van der Waals surface area (Å²) in [6, 6.07) is 19.8. The van der Waals surface area contributed by atoms with Crippen molar-refractivity contribution < 1.29 is 5.11 Å². The van der Waals surface area contributed by atoms with Crippen LogP contribution < -0.4 is 0 Å². The van der Waals surface area contributed by atoms with Crippen molar-refractivity contribution in [1.82, 2.24) is 15.4 Å². The molecule has 1 aromatic heterocycles. The van der Waals surface area contributed by atoms with E-state index < -0.39 is 0 Å². The minimum atomic E-state index is 0.288. The molecule has 0 aliphatic heterocycles. The Bertz CT molecular complexity index is 1010. The first-order valence-corrected chi connectivity index (χ1v) is 7.99. The van der Waals surface area contributed by atoms with Crippen LogP contribution >= 0.6 is 0 Å². The number of nitrogens with zero attached hydrogens (tertiary/aromatic N) is 2. The molecule has 4 heteroatoms. The Morgan fingerprint density at radius 2 is 1.71 bits per heavy atom. The summed E-state index contributed by atoms with van der Waals surface area (Å²) in [5, 5.41) is 22.1. The van der Waals surface area contributed by atoms with E-state index in [-0.39, 0.29) is 5.75 Å². The van der Waals surface area contributed by atoms with Gasteiger partial charge in [0.25, 0.3) is 0 Å². The molecule has 0 radical (unpaired) electrons. The minimum Gasteiger partial charge on any atom is -0.507 e. The van der Waals surface area contributed by atoms with Crippen molar-refractivity contribution in [1.29, 1.82) is 0 Å². The van der Waals surface area contributed by atoms with Crippen LogP contribution in [0.4, 0.5) is 0 Å². The van der Waals surface area contributed by atoms with Crippen LogP contribution in [0, 0.1) is 0 Å². The highest BCUT2D eigenvalue weighted by Gasteiger charge is 2.17. The Labute approximate surface area is 139 Å². The van der Waals surface area contributed by atoms with Crippen LogP contribution in [-0.4, -0.2) is 20.5 Å². The van der Waals surface area contributed by atoms with Crippen LogP contribution in [0.5, 0.6) is 5.75 Å². The fourth-order valence-electron chi connectivity index (χ4n) is 3.16. The molecule has 0 unspecified atom stereocenters. The van der Waals surface area contributed by atoms with E-state index in [1.165, 1.54) is 0 Å². The van der Waals surface area contributed by atoms with Gasteiger partial charge in [-0.05, 0) is 23.6 Å². The number of benzene rings is 3. The summed E-state index contributed by atoms with van der Waals surface area (Å²) < 4.78 is 0. The van der Waals surface area contributed by atoms with E-state index in [0.29, 0.717) is 0 Å². The van der Waals surface area contributed by atoms with E-state index in [1.54, 1.807) is 0 Å². The van der Waals surface area contributed by atoms with Crippen molar-refractivity contribution >= 4 is 11.0 Å². The third kappa shape index (κ3) is 2.24. The molecule has 0 fully saturated rings. The number of rotatable bonds is 3. The normalized spacial score (nSPS) is 11.0. The number of phenols is 1. The molecule has 0 amide bonds. The molecule has 4 nitrogen and oxygen atoms in total. The number of phenolic OH excluding ortho intramolecular Hbond substituents is 1. The number of para-hydroxylation sites is 1. The van der Waals surface area contributed by atoms with Crippen molar-refractivity contribution in [2.45, 2.75) is 13.3 Å². The maximum atomic E-state index is 11.0. The topological polar surface area (TPSA) is 61.8 Å². The molecule has 1 heterocycles. The van der Waals surface area contributed by atoms with Crippen LogP contribution in [0.25, 0.3) is 33.3 Å². The van der Waals surface area contributed by atoms with E-state index in [9.17, 15) is 5.11 Å². The molecular weight excluding hydrogens is 298 g/mol. The van der Waals surface area contributed by atoms with Crippen LogP contribution in [-0.2, 0) is 6.42 Å². The summed E-state index contributed by atoms with van der Waals surface area (Å²) in [6.07, 6.45) is 0.853. The smallest absolute Gasteiger partial charge is 0.131 e. The van der Waals surface area contributed by atoms with Crippen molar-refractivity contribution in [2.24, 2.45) is 0 Å². The number of nitrogens with one attached hydrogen (secondary N) is 1.